The van der Waals surface area contributed by atoms with Gasteiger partial charge in [0.2, 0.25) is 5.91 Å². The van der Waals surface area contributed by atoms with Crippen LogP contribution in [-0.2, 0) is 4.79 Å². The molecule has 0 fully saturated rings. The molecule has 15 heavy (non-hydrogen) atoms. The number of hydrogen-bond donors (Lipinski definition) is 2. The maximum absolute atomic E-state index is 11.2. The summed E-state index contributed by atoms with van der Waals surface area (Å²) in [6, 6.07) is 10.1. The maximum Gasteiger partial charge on any atom is 0.221 e. The molecule has 0 bridgehead atoms. The number of nitrogens with one attached hydrogen (secondary N) is 1. The Bertz CT molecular complexity index is 298. The van der Waals surface area contributed by atoms with Crippen molar-refractivity contribution in [3.05, 3.63) is 35.9 Å². The first kappa shape index (κ1) is 11.7. The van der Waals surface area contributed by atoms with E-state index in [1.165, 1.54) is 5.56 Å². The van der Waals surface area contributed by atoms with Crippen LogP contribution in [0.1, 0.15) is 24.8 Å². The third-order valence-corrected chi connectivity index (χ3v) is 2.35. The summed E-state index contributed by atoms with van der Waals surface area (Å²) >= 11 is 0. The summed E-state index contributed by atoms with van der Waals surface area (Å²) in [5.74, 6) is 0.369. The fraction of sp³-hybridized carbons (Fsp3) is 0.417. The molecular formula is C12H18N2O. The van der Waals surface area contributed by atoms with E-state index in [0.29, 0.717) is 25.4 Å². The van der Waals surface area contributed by atoms with E-state index in [-0.39, 0.29) is 5.91 Å². The lowest BCUT2D eigenvalue weighted by atomic mass is 10.0. The molecule has 3 heteroatoms. The van der Waals surface area contributed by atoms with Gasteiger partial charge in [-0.25, -0.2) is 0 Å². The van der Waals surface area contributed by atoms with Gasteiger partial charge in [0, 0.05) is 19.5 Å². The third kappa shape index (κ3) is 4.13. The minimum absolute atomic E-state index is 0.0280. The molecule has 0 spiro atoms. The molecule has 0 aromatic heterocycles. The highest BCUT2D eigenvalue weighted by molar-refractivity contribution is 5.76. The highest BCUT2D eigenvalue weighted by Gasteiger charge is 2.06. The molecular weight excluding hydrogens is 188 g/mol. The van der Waals surface area contributed by atoms with Crippen molar-refractivity contribution < 1.29 is 4.79 Å². The van der Waals surface area contributed by atoms with Crippen molar-refractivity contribution in [3.8, 4) is 0 Å². The van der Waals surface area contributed by atoms with E-state index in [2.05, 4.69) is 24.4 Å². The zero-order valence-electron chi connectivity index (χ0n) is 9.07. The molecule has 1 rings (SSSR count). The molecule has 1 aromatic carbocycles. The number of carbonyl (C=O) groups excluding carboxylic acids is 1. The minimum Gasteiger partial charge on any atom is -0.355 e. The normalized spacial score (nSPS) is 12.1. The Hall–Kier alpha value is -1.35. The fourth-order valence-electron chi connectivity index (χ4n) is 1.39. The monoisotopic (exact) mass is 206 g/mol. The van der Waals surface area contributed by atoms with E-state index in [1.807, 2.05) is 18.2 Å². The predicted molar refractivity (Wildman–Crippen MR) is 61.5 cm³/mol. The Morgan fingerprint density at radius 3 is 2.67 bits per heavy atom. The second-order valence-corrected chi connectivity index (χ2v) is 3.65. The molecule has 0 aliphatic carbocycles. The molecule has 3 nitrogen and oxygen atoms in total. The number of hydrogen-bond acceptors (Lipinski definition) is 2. The van der Waals surface area contributed by atoms with Crippen molar-refractivity contribution in [3.63, 3.8) is 0 Å². The molecule has 0 heterocycles. The van der Waals surface area contributed by atoms with Gasteiger partial charge in [-0.2, -0.15) is 0 Å². The van der Waals surface area contributed by atoms with Crippen LogP contribution in [0.25, 0.3) is 0 Å². The molecule has 82 valence electrons. The van der Waals surface area contributed by atoms with E-state index in [9.17, 15) is 4.79 Å². The lowest BCUT2D eigenvalue weighted by Crippen LogP contribution is -2.29. The summed E-state index contributed by atoms with van der Waals surface area (Å²) in [6.45, 7) is 3.17. The fourth-order valence-corrected chi connectivity index (χ4v) is 1.39. The average Bonchev–Trinajstić information content (AvgIpc) is 2.27. The smallest absolute Gasteiger partial charge is 0.221 e. The van der Waals surface area contributed by atoms with Crippen LogP contribution in [0.2, 0.25) is 0 Å². The quantitative estimate of drug-likeness (QED) is 0.762. The summed E-state index contributed by atoms with van der Waals surface area (Å²) in [5.41, 5.74) is 6.53. The molecule has 0 saturated heterocycles. The molecule has 1 amide bonds. The lowest BCUT2D eigenvalue weighted by Gasteiger charge is -2.12. The zero-order chi connectivity index (χ0) is 11.1. The van der Waals surface area contributed by atoms with E-state index < -0.39 is 0 Å². The van der Waals surface area contributed by atoms with E-state index in [0.717, 1.165) is 0 Å². The molecule has 3 N–H and O–H groups in total. The highest BCUT2D eigenvalue weighted by Crippen LogP contribution is 2.12. The van der Waals surface area contributed by atoms with Crippen molar-refractivity contribution in [1.29, 1.82) is 0 Å². The number of nitrogens with two attached hydrogens (primary N) is 1. The van der Waals surface area contributed by atoms with Crippen LogP contribution in [-0.4, -0.2) is 19.0 Å². The largest absolute Gasteiger partial charge is 0.355 e. The Morgan fingerprint density at radius 2 is 2.07 bits per heavy atom. The van der Waals surface area contributed by atoms with Crippen molar-refractivity contribution >= 4 is 5.91 Å². The van der Waals surface area contributed by atoms with E-state index >= 15 is 0 Å². The van der Waals surface area contributed by atoms with Crippen LogP contribution in [0.3, 0.4) is 0 Å². The van der Waals surface area contributed by atoms with Gasteiger partial charge >= 0.3 is 0 Å². The van der Waals surface area contributed by atoms with Crippen molar-refractivity contribution in [2.24, 2.45) is 5.73 Å². The van der Waals surface area contributed by atoms with E-state index in [1.54, 1.807) is 0 Å². The van der Waals surface area contributed by atoms with Gasteiger partial charge in [0.1, 0.15) is 0 Å². The Morgan fingerprint density at radius 1 is 1.40 bits per heavy atom. The van der Waals surface area contributed by atoms with Crippen LogP contribution in [0.4, 0.5) is 0 Å². The van der Waals surface area contributed by atoms with Crippen molar-refractivity contribution in [1.82, 2.24) is 5.32 Å². The minimum atomic E-state index is 0.0280. The SMILES string of the molecule is CC(CNC(=O)CCN)c1ccccc1. The summed E-state index contributed by atoms with van der Waals surface area (Å²) in [5, 5.41) is 2.86. The van der Waals surface area contributed by atoms with E-state index in [4.69, 9.17) is 5.73 Å². The average molecular weight is 206 g/mol. The van der Waals surface area contributed by atoms with Crippen LogP contribution in [0.5, 0.6) is 0 Å². The summed E-state index contributed by atoms with van der Waals surface area (Å²) in [6.07, 6.45) is 0.404. The second kappa shape index (κ2) is 6.19. The number of benzene rings is 1. The van der Waals surface area contributed by atoms with Gasteiger partial charge in [0.25, 0.3) is 0 Å². The van der Waals surface area contributed by atoms with Gasteiger partial charge in [-0.1, -0.05) is 37.3 Å². The Labute approximate surface area is 90.7 Å². The predicted octanol–water partition coefficient (Wildman–Crippen LogP) is 1.26. The Kier molecular flexibility index (Phi) is 4.84. The number of amides is 1. The zero-order valence-corrected chi connectivity index (χ0v) is 9.07. The van der Waals surface area contributed by atoms with Crippen molar-refractivity contribution in [2.45, 2.75) is 19.3 Å². The van der Waals surface area contributed by atoms with Gasteiger partial charge < -0.3 is 11.1 Å². The molecule has 0 radical (unpaired) electrons. The molecule has 1 unspecified atom stereocenters. The van der Waals surface area contributed by atoms with Crippen LogP contribution in [0, 0.1) is 0 Å². The molecule has 0 aliphatic heterocycles. The summed E-state index contributed by atoms with van der Waals surface area (Å²) < 4.78 is 0. The summed E-state index contributed by atoms with van der Waals surface area (Å²) in [4.78, 5) is 11.2. The Balaban J connectivity index is 2.37. The number of rotatable bonds is 5. The van der Waals surface area contributed by atoms with Gasteiger partial charge in [-0.3, -0.25) is 4.79 Å². The first-order valence-corrected chi connectivity index (χ1v) is 5.25. The first-order chi connectivity index (χ1) is 7.24. The molecule has 0 saturated carbocycles. The van der Waals surface area contributed by atoms with Crippen LogP contribution in [0.15, 0.2) is 30.3 Å². The number of carbonyl (C=O) groups is 1. The van der Waals surface area contributed by atoms with Gasteiger partial charge in [-0.05, 0) is 11.5 Å². The van der Waals surface area contributed by atoms with Crippen LogP contribution >= 0.6 is 0 Å². The standard InChI is InChI=1S/C12H18N2O/c1-10(9-14-12(15)7-8-13)11-5-3-2-4-6-11/h2-6,10H,7-9,13H2,1H3,(H,14,15). The topological polar surface area (TPSA) is 55.1 Å². The van der Waals surface area contributed by atoms with Gasteiger partial charge in [0.05, 0.1) is 0 Å². The first-order valence-electron chi connectivity index (χ1n) is 5.25. The highest BCUT2D eigenvalue weighted by atomic mass is 16.1. The maximum atomic E-state index is 11.2. The molecule has 1 aromatic rings. The van der Waals surface area contributed by atoms with Crippen LogP contribution < -0.4 is 11.1 Å². The lowest BCUT2D eigenvalue weighted by molar-refractivity contribution is -0.120. The summed E-state index contributed by atoms with van der Waals surface area (Å²) in [7, 11) is 0. The van der Waals surface area contributed by atoms with Crippen molar-refractivity contribution in [2.75, 3.05) is 13.1 Å². The van der Waals surface area contributed by atoms with Gasteiger partial charge in [0.15, 0.2) is 0 Å². The third-order valence-electron chi connectivity index (χ3n) is 2.35. The van der Waals surface area contributed by atoms with Gasteiger partial charge in [-0.15, -0.1) is 0 Å². The second-order valence-electron chi connectivity index (χ2n) is 3.65. The molecule has 0 aliphatic rings. The molecule has 1 atom stereocenters.